The quantitative estimate of drug-likeness (QED) is 0.702. The smallest absolute Gasteiger partial charge is 0.267 e. The van der Waals surface area contributed by atoms with Crippen LogP contribution in [-0.2, 0) is 0 Å². The molecule has 0 aliphatic rings. The van der Waals surface area contributed by atoms with E-state index < -0.39 is 0 Å². The van der Waals surface area contributed by atoms with Crippen LogP contribution in [0.1, 0.15) is 0 Å². The third kappa shape index (κ3) is 1.75. The van der Waals surface area contributed by atoms with E-state index in [4.69, 9.17) is 0 Å². The molecular formula is C10H6BrNO. The van der Waals surface area contributed by atoms with Crippen molar-refractivity contribution in [1.82, 2.24) is 4.98 Å². The summed E-state index contributed by atoms with van der Waals surface area (Å²) in [6, 6.07) is 10.7. The van der Waals surface area contributed by atoms with E-state index in [1.165, 1.54) is 6.07 Å². The number of aromatic nitrogens is 1. The van der Waals surface area contributed by atoms with E-state index in [0.29, 0.717) is 0 Å². The Morgan fingerprint density at radius 3 is 2.85 bits per heavy atom. The van der Waals surface area contributed by atoms with Gasteiger partial charge in [0.05, 0.1) is 5.52 Å². The van der Waals surface area contributed by atoms with Gasteiger partial charge < -0.3 is 0 Å². The first-order chi connectivity index (χ1) is 6.25. The molecule has 1 aromatic carbocycles. The molecule has 0 N–H and O–H groups in total. The maximum atomic E-state index is 11.0. The second-order valence-electron chi connectivity index (χ2n) is 2.68. The van der Waals surface area contributed by atoms with Gasteiger partial charge >= 0.3 is 0 Å². The second kappa shape index (κ2) is 3.26. The van der Waals surface area contributed by atoms with Gasteiger partial charge in [-0.15, -0.1) is 0 Å². The van der Waals surface area contributed by atoms with Crippen LogP contribution in [0.2, 0.25) is 0 Å². The zero-order valence-electron chi connectivity index (χ0n) is 6.70. The molecule has 13 heavy (non-hydrogen) atoms. The van der Waals surface area contributed by atoms with Crippen molar-refractivity contribution >= 4 is 26.8 Å². The molecule has 2 aromatic rings. The molecule has 2 nitrogen and oxygen atoms in total. The van der Waals surface area contributed by atoms with Crippen molar-refractivity contribution in [2.45, 2.75) is 0 Å². The highest BCUT2D eigenvalue weighted by molar-refractivity contribution is 9.10. The molecule has 1 aromatic heterocycles. The molecular weight excluding hydrogens is 230 g/mol. The van der Waals surface area contributed by atoms with E-state index in [1.807, 2.05) is 24.3 Å². The van der Waals surface area contributed by atoms with E-state index in [-0.39, 0.29) is 5.56 Å². The van der Waals surface area contributed by atoms with Gasteiger partial charge in [-0.2, -0.15) is 0 Å². The molecule has 0 aliphatic heterocycles. The topological polar surface area (TPSA) is 30.0 Å². The van der Waals surface area contributed by atoms with Gasteiger partial charge in [0.25, 0.3) is 5.56 Å². The van der Waals surface area contributed by atoms with Gasteiger partial charge in [0.1, 0.15) is 0 Å². The van der Waals surface area contributed by atoms with E-state index in [9.17, 15) is 4.79 Å². The molecule has 0 spiro atoms. The van der Waals surface area contributed by atoms with E-state index >= 15 is 0 Å². The minimum Gasteiger partial charge on any atom is -0.267 e. The predicted molar refractivity (Wildman–Crippen MR) is 55.7 cm³/mol. The summed E-state index contributed by atoms with van der Waals surface area (Å²) in [6.45, 7) is 0. The number of halogens is 1. The lowest BCUT2D eigenvalue weighted by Crippen LogP contribution is -1.97. The number of nitrogens with zero attached hydrogens (tertiary/aromatic N) is 1. The van der Waals surface area contributed by atoms with Crippen molar-refractivity contribution in [3.63, 3.8) is 0 Å². The maximum absolute atomic E-state index is 11.0. The highest BCUT2D eigenvalue weighted by atomic mass is 79.9. The Balaban J connectivity index is 2.93. The van der Waals surface area contributed by atoms with Gasteiger partial charge in [0.15, 0.2) is 0 Å². The Hall–Kier alpha value is -1.22. The standard InChI is InChI=1S/C10H6BrNO/c11-8-4-5-9-7(6-8)2-1-3-10(13)12-9/h1-6H. The zero-order valence-corrected chi connectivity index (χ0v) is 8.28. The molecule has 64 valence electrons. The summed E-state index contributed by atoms with van der Waals surface area (Å²) in [7, 11) is 0. The van der Waals surface area contributed by atoms with Gasteiger partial charge in [-0.05, 0) is 18.2 Å². The van der Waals surface area contributed by atoms with Crippen LogP contribution in [0.3, 0.4) is 0 Å². The molecule has 1 heterocycles. The monoisotopic (exact) mass is 235 g/mol. The van der Waals surface area contributed by atoms with Gasteiger partial charge in [0, 0.05) is 15.9 Å². The summed E-state index contributed by atoms with van der Waals surface area (Å²) in [5.74, 6) is 0. The van der Waals surface area contributed by atoms with Crippen LogP contribution in [-0.4, -0.2) is 4.98 Å². The number of benzene rings is 1. The zero-order chi connectivity index (χ0) is 9.26. The Kier molecular flexibility index (Phi) is 2.10. The van der Waals surface area contributed by atoms with Crippen molar-refractivity contribution in [2.24, 2.45) is 0 Å². The molecule has 0 unspecified atom stereocenters. The first-order valence-electron chi connectivity index (χ1n) is 3.82. The van der Waals surface area contributed by atoms with Gasteiger partial charge in [-0.1, -0.05) is 28.1 Å². The first kappa shape index (κ1) is 8.38. The summed E-state index contributed by atoms with van der Waals surface area (Å²) < 4.78 is 0.987. The third-order valence-electron chi connectivity index (χ3n) is 1.73. The molecule has 0 radical (unpaired) electrons. The Morgan fingerprint density at radius 1 is 1.15 bits per heavy atom. The second-order valence-corrected chi connectivity index (χ2v) is 3.59. The minimum absolute atomic E-state index is 0.211. The lowest BCUT2D eigenvalue weighted by molar-refractivity contribution is 1.33. The van der Waals surface area contributed by atoms with Crippen molar-refractivity contribution in [1.29, 1.82) is 0 Å². The number of hydrogen-bond donors (Lipinski definition) is 0. The summed E-state index contributed by atoms with van der Waals surface area (Å²) in [4.78, 5) is 14.9. The summed E-state index contributed by atoms with van der Waals surface area (Å²) in [5.41, 5.74) is 0.510. The van der Waals surface area contributed by atoms with Gasteiger partial charge in [-0.25, -0.2) is 4.98 Å². The highest BCUT2D eigenvalue weighted by Gasteiger charge is 1.93. The SMILES string of the molecule is O=c1cccc2cc(Br)ccc2n1. The molecule has 0 amide bonds. The van der Waals surface area contributed by atoms with E-state index in [2.05, 4.69) is 20.9 Å². The van der Waals surface area contributed by atoms with Crippen LogP contribution in [0.15, 0.2) is 45.7 Å². The van der Waals surface area contributed by atoms with Crippen LogP contribution in [0.4, 0.5) is 0 Å². The van der Waals surface area contributed by atoms with E-state index in [0.717, 1.165) is 15.4 Å². The molecule has 3 heteroatoms. The lowest BCUT2D eigenvalue weighted by Gasteiger charge is -1.91. The number of hydrogen-bond acceptors (Lipinski definition) is 2. The van der Waals surface area contributed by atoms with Crippen LogP contribution >= 0.6 is 15.9 Å². The number of fused-ring (bicyclic) bond motifs is 1. The van der Waals surface area contributed by atoms with Crippen LogP contribution < -0.4 is 5.56 Å². The summed E-state index contributed by atoms with van der Waals surface area (Å²) >= 11 is 3.36. The molecule has 2 rings (SSSR count). The minimum atomic E-state index is -0.211. The average Bonchev–Trinajstić information content (AvgIpc) is 2.25. The molecule has 0 atom stereocenters. The average molecular weight is 236 g/mol. The normalized spacial score (nSPS) is 10.2. The summed E-state index contributed by atoms with van der Waals surface area (Å²) in [6.07, 6.45) is 0. The summed E-state index contributed by atoms with van der Waals surface area (Å²) in [5, 5.41) is 0.955. The Morgan fingerprint density at radius 2 is 2.00 bits per heavy atom. The van der Waals surface area contributed by atoms with Crippen molar-refractivity contribution in [3.05, 3.63) is 51.2 Å². The Labute approximate surface area is 83.4 Å². The first-order valence-corrected chi connectivity index (χ1v) is 4.62. The van der Waals surface area contributed by atoms with E-state index in [1.54, 1.807) is 6.07 Å². The van der Waals surface area contributed by atoms with Crippen LogP contribution in [0.25, 0.3) is 10.9 Å². The Bertz CT molecular complexity index is 510. The number of rotatable bonds is 0. The fourth-order valence-corrected chi connectivity index (χ4v) is 1.53. The van der Waals surface area contributed by atoms with Crippen molar-refractivity contribution in [2.75, 3.05) is 0 Å². The van der Waals surface area contributed by atoms with Crippen LogP contribution in [0, 0.1) is 0 Å². The third-order valence-corrected chi connectivity index (χ3v) is 2.23. The highest BCUT2D eigenvalue weighted by Crippen LogP contribution is 2.15. The fraction of sp³-hybridized carbons (Fsp3) is 0. The maximum Gasteiger partial charge on any atom is 0.270 e. The van der Waals surface area contributed by atoms with Crippen molar-refractivity contribution < 1.29 is 0 Å². The van der Waals surface area contributed by atoms with Crippen molar-refractivity contribution in [3.8, 4) is 0 Å². The molecule has 0 fully saturated rings. The van der Waals surface area contributed by atoms with Gasteiger partial charge in [-0.3, -0.25) is 4.79 Å². The molecule has 0 saturated carbocycles. The molecule has 0 saturated heterocycles. The fourth-order valence-electron chi connectivity index (χ4n) is 1.15. The molecule has 0 aliphatic carbocycles. The van der Waals surface area contributed by atoms with Gasteiger partial charge in [0.2, 0.25) is 0 Å². The van der Waals surface area contributed by atoms with Crippen LogP contribution in [0.5, 0.6) is 0 Å². The lowest BCUT2D eigenvalue weighted by atomic mass is 10.2. The molecule has 0 bridgehead atoms. The predicted octanol–water partition coefficient (Wildman–Crippen LogP) is 2.36. The largest absolute Gasteiger partial charge is 0.270 e.